The van der Waals surface area contributed by atoms with Crippen LogP contribution in [-0.4, -0.2) is 42.4 Å². The molecule has 0 spiro atoms. The summed E-state index contributed by atoms with van der Waals surface area (Å²) in [5, 5.41) is 0. The fourth-order valence-electron chi connectivity index (χ4n) is 1.90. The van der Waals surface area contributed by atoms with Gasteiger partial charge in [-0.25, -0.2) is 4.39 Å². The third-order valence-corrected chi connectivity index (χ3v) is 3.71. The number of halogens is 2. The van der Waals surface area contributed by atoms with Crippen molar-refractivity contribution < 1.29 is 9.18 Å². The third-order valence-electron chi connectivity index (χ3n) is 2.98. The van der Waals surface area contributed by atoms with E-state index >= 15 is 0 Å². The lowest BCUT2D eigenvalue weighted by molar-refractivity contribution is -0.131. The van der Waals surface area contributed by atoms with Gasteiger partial charge in [0.15, 0.2) is 0 Å². The summed E-state index contributed by atoms with van der Waals surface area (Å²) in [6.45, 7) is 6.36. The molecule has 0 radical (unpaired) electrons. The Hall–Kier alpha value is -0.940. The summed E-state index contributed by atoms with van der Waals surface area (Å²) >= 11 is 3.34. The van der Waals surface area contributed by atoms with Crippen molar-refractivity contribution in [2.24, 2.45) is 0 Å². The molecule has 1 aromatic rings. The molecule has 0 unspecified atom stereocenters. The van der Waals surface area contributed by atoms with Gasteiger partial charge in [-0.2, -0.15) is 0 Å². The van der Waals surface area contributed by atoms with Gasteiger partial charge in [-0.3, -0.25) is 9.69 Å². The standard InChI is InChI=1S/C14H20BrFN2O/c1-4-18(5-2)14(19)10-17(3)9-11-6-7-12(16)8-13(11)15/h6-8H,4-5,9-10H2,1-3H3. The second kappa shape index (κ2) is 7.60. The van der Waals surface area contributed by atoms with Crippen LogP contribution in [0.3, 0.4) is 0 Å². The summed E-state index contributed by atoms with van der Waals surface area (Å²) in [5.74, 6) is -0.150. The zero-order valence-electron chi connectivity index (χ0n) is 11.6. The SMILES string of the molecule is CCN(CC)C(=O)CN(C)Cc1ccc(F)cc1Br. The summed E-state index contributed by atoms with van der Waals surface area (Å²) < 4.78 is 13.7. The van der Waals surface area contributed by atoms with Crippen molar-refractivity contribution in [1.29, 1.82) is 0 Å². The molecule has 0 atom stereocenters. The van der Waals surface area contributed by atoms with E-state index < -0.39 is 0 Å². The van der Waals surface area contributed by atoms with Crippen LogP contribution in [0.5, 0.6) is 0 Å². The molecule has 19 heavy (non-hydrogen) atoms. The minimum absolute atomic E-state index is 0.116. The fraction of sp³-hybridized carbons (Fsp3) is 0.500. The number of amides is 1. The number of carbonyl (C=O) groups is 1. The van der Waals surface area contributed by atoms with Gasteiger partial charge < -0.3 is 4.90 Å². The van der Waals surface area contributed by atoms with Crippen LogP contribution < -0.4 is 0 Å². The first-order valence-electron chi connectivity index (χ1n) is 6.38. The molecule has 0 aliphatic rings. The maximum absolute atomic E-state index is 13.0. The predicted octanol–water partition coefficient (Wildman–Crippen LogP) is 2.89. The fourth-order valence-corrected chi connectivity index (χ4v) is 2.38. The quantitative estimate of drug-likeness (QED) is 0.800. The van der Waals surface area contributed by atoms with Crippen LogP contribution in [-0.2, 0) is 11.3 Å². The van der Waals surface area contributed by atoms with E-state index in [1.807, 2.05) is 25.8 Å². The molecule has 0 bridgehead atoms. The number of nitrogens with zero attached hydrogens (tertiary/aromatic N) is 2. The molecule has 0 saturated carbocycles. The Labute approximate surface area is 122 Å². The van der Waals surface area contributed by atoms with Gasteiger partial charge in [0.1, 0.15) is 5.82 Å². The molecule has 5 heteroatoms. The number of rotatable bonds is 6. The van der Waals surface area contributed by atoms with E-state index in [2.05, 4.69) is 15.9 Å². The van der Waals surface area contributed by atoms with Gasteiger partial charge in [-0.05, 0) is 38.6 Å². The van der Waals surface area contributed by atoms with Crippen molar-refractivity contribution in [2.75, 3.05) is 26.7 Å². The highest BCUT2D eigenvalue weighted by atomic mass is 79.9. The monoisotopic (exact) mass is 330 g/mol. The first-order valence-corrected chi connectivity index (χ1v) is 7.17. The van der Waals surface area contributed by atoms with Crippen molar-refractivity contribution in [2.45, 2.75) is 20.4 Å². The zero-order valence-corrected chi connectivity index (χ0v) is 13.2. The van der Waals surface area contributed by atoms with E-state index in [0.717, 1.165) is 23.1 Å². The number of benzene rings is 1. The summed E-state index contributed by atoms with van der Waals surface area (Å²) in [6, 6.07) is 4.60. The third kappa shape index (κ3) is 4.91. The van der Waals surface area contributed by atoms with Crippen LogP contribution in [0.1, 0.15) is 19.4 Å². The van der Waals surface area contributed by atoms with E-state index in [4.69, 9.17) is 0 Å². The van der Waals surface area contributed by atoms with Crippen LogP contribution in [0.4, 0.5) is 4.39 Å². The van der Waals surface area contributed by atoms with Crippen LogP contribution in [0.15, 0.2) is 22.7 Å². The number of hydrogen-bond acceptors (Lipinski definition) is 2. The van der Waals surface area contributed by atoms with Crippen molar-refractivity contribution in [1.82, 2.24) is 9.80 Å². The molecule has 0 N–H and O–H groups in total. The Morgan fingerprint density at radius 2 is 1.95 bits per heavy atom. The molecule has 1 rings (SSSR count). The Kier molecular flexibility index (Phi) is 6.45. The second-order valence-electron chi connectivity index (χ2n) is 4.47. The number of carbonyl (C=O) groups excluding carboxylic acids is 1. The van der Waals surface area contributed by atoms with Gasteiger partial charge in [-0.1, -0.05) is 22.0 Å². The van der Waals surface area contributed by atoms with Gasteiger partial charge in [0.2, 0.25) is 5.91 Å². The first-order chi connectivity index (χ1) is 8.97. The minimum Gasteiger partial charge on any atom is -0.342 e. The number of hydrogen-bond donors (Lipinski definition) is 0. The average molecular weight is 331 g/mol. The molecule has 1 amide bonds. The molecule has 0 saturated heterocycles. The highest BCUT2D eigenvalue weighted by Crippen LogP contribution is 2.19. The molecular formula is C14H20BrFN2O. The molecule has 0 aliphatic carbocycles. The van der Waals surface area contributed by atoms with Crippen LogP contribution in [0.2, 0.25) is 0 Å². The zero-order chi connectivity index (χ0) is 14.4. The summed E-state index contributed by atoms with van der Waals surface area (Å²) in [6.07, 6.45) is 0. The van der Waals surface area contributed by atoms with E-state index in [9.17, 15) is 9.18 Å². The molecule has 106 valence electrons. The summed E-state index contributed by atoms with van der Waals surface area (Å²) in [5.41, 5.74) is 0.969. The lowest BCUT2D eigenvalue weighted by Crippen LogP contribution is -2.38. The Morgan fingerprint density at radius 3 is 2.47 bits per heavy atom. The molecular weight excluding hydrogens is 311 g/mol. The second-order valence-corrected chi connectivity index (χ2v) is 5.33. The molecule has 0 heterocycles. The lowest BCUT2D eigenvalue weighted by atomic mass is 10.2. The highest BCUT2D eigenvalue weighted by molar-refractivity contribution is 9.10. The maximum atomic E-state index is 13.0. The van der Waals surface area contributed by atoms with Gasteiger partial charge >= 0.3 is 0 Å². The van der Waals surface area contributed by atoms with Gasteiger partial charge in [0.25, 0.3) is 0 Å². The average Bonchev–Trinajstić information content (AvgIpc) is 2.34. The van der Waals surface area contributed by atoms with E-state index in [-0.39, 0.29) is 11.7 Å². The van der Waals surface area contributed by atoms with Crippen molar-refractivity contribution >= 4 is 21.8 Å². The Morgan fingerprint density at radius 1 is 1.32 bits per heavy atom. The van der Waals surface area contributed by atoms with Crippen molar-refractivity contribution in [3.05, 3.63) is 34.1 Å². The predicted molar refractivity (Wildman–Crippen MR) is 78.4 cm³/mol. The van der Waals surface area contributed by atoms with Crippen molar-refractivity contribution in [3.8, 4) is 0 Å². The van der Waals surface area contributed by atoms with Crippen LogP contribution >= 0.6 is 15.9 Å². The van der Waals surface area contributed by atoms with E-state index in [1.165, 1.54) is 12.1 Å². The van der Waals surface area contributed by atoms with Gasteiger partial charge in [-0.15, -0.1) is 0 Å². The molecule has 0 aliphatic heterocycles. The summed E-state index contributed by atoms with van der Waals surface area (Å²) in [7, 11) is 1.89. The van der Waals surface area contributed by atoms with Gasteiger partial charge in [0, 0.05) is 24.1 Å². The molecule has 0 fully saturated rings. The van der Waals surface area contributed by atoms with E-state index in [1.54, 1.807) is 11.0 Å². The largest absolute Gasteiger partial charge is 0.342 e. The number of likely N-dealkylation sites (N-methyl/N-ethyl adjacent to an activating group) is 2. The minimum atomic E-state index is -0.266. The molecule has 3 nitrogen and oxygen atoms in total. The Bertz CT molecular complexity index is 435. The molecule has 0 aromatic heterocycles. The smallest absolute Gasteiger partial charge is 0.236 e. The Balaban J connectivity index is 2.60. The first kappa shape index (κ1) is 16.1. The normalized spacial score (nSPS) is 10.8. The van der Waals surface area contributed by atoms with Gasteiger partial charge in [0.05, 0.1) is 6.54 Å². The highest BCUT2D eigenvalue weighted by Gasteiger charge is 2.13. The van der Waals surface area contributed by atoms with Crippen LogP contribution in [0, 0.1) is 5.82 Å². The topological polar surface area (TPSA) is 23.6 Å². The van der Waals surface area contributed by atoms with Crippen molar-refractivity contribution in [3.63, 3.8) is 0 Å². The van der Waals surface area contributed by atoms with Crippen LogP contribution in [0.25, 0.3) is 0 Å². The maximum Gasteiger partial charge on any atom is 0.236 e. The molecule has 1 aromatic carbocycles. The summed E-state index contributed by atoms with van der Waals surface area (Å²) in [4.78, 5) is 15.7. The van der Waals surface area contributed by atoms with E-state index in [0.29, 0.717) is 13.1 Å². The lowest BCUT2D eigenvalue weighted by Gasteiger charge is -2.23.